The molecule has 2 aliphatic rings. The molecule has 2 aromatic heterocycles. The third-order valence-electron chi connectivity index (χ3n) is 7.98. The number of rotatable bonds is 9. The maximum atomic E-state index is 12.9. The predicted octanol–water partition coefficient (Wildman–Crippen LogP) is 6.13. The third kappa shape index (κ3) is 6.96. The van der Waals surface area contributed by atoms with Gasteiger partial charge in [0.15, 0.2) is 5.82 Å². The van der Waals surface area contributed by atoms with Gasteiger partial charge in [-0.25, -0.2) is 13.4 Å². The van der Waals surface area contributed by atoms with Crippen LogP contribution in [-0.4, -0.2) is 63.4 Å². The molecule has 0 radical (unpaired) electrons. The van der Waals surface area contributed by atoms with E-state index in [0.717, 1.165) is 55.8 Å². The minimum atomic E-state index is -3.65. The fraction of sp³-hybridized carbons (Fsp3) is 0.548. The van der Waals surface area contributed by atoms with E-state index in [-0.39, 0.29) is 44.9 Å². The molecule has 0 spiro atoms. The Morgan fingerprint density at radius 1 is 1.09 bits per heavy atom. The van der Waals surface area contributed by atoms with Gasteiger partial charge in [0.1, 0.15) is 10.8 Å². The lowest BCUT2D eigenvalue weighted by Crippen LogP contribution is -2.43. The van der Waals surface area contributed by atoms with Gasteiger partial charge >= 0.3 is 0 Å². The summed E-state index contributed by atoms with van der Waals surface area (Å²) < 4.78 is 33.6. The van der Waals surface area contributed by atoms with Crippen molar-refractivity contribution in [3.63, 3.8) is 0 Å². The van der Waals surface area contributed by atoms with Gasteiger partial charge in [-0.1, -0.05) is 32.4 Å². The topological polar surface area (TPSA) is 131 Å². The number of hydrogen-bond acceptors (Lipinski definition) is 9. The molecule has 2 fully saturated rings. The van der Waals surface area contributed by atoms with Crippen LogP contribution in [0.15, 0.2) is 29.6 Å². The predicted molar refractivity (Wildman–Crippen MR) is 172 cm³/mol. The van der Waals surface area contributed by atoms with E-state index in [0.29, 0.717) is 5.92 Å². The first-order valence-electron chi connectivity index (χ1n) is 15.1. The van der Waals surface area contributed by atoms with Crippen molar-refractivity contribution in [3.8, 4) is 5.75 Å². The molecule has 3 aromatic rings. The van der Waals surface area contributed by atoms with E-state index in [1.54, 1.807) is 27.1 Å². The molecule has 1 aliphatic carbocycles. The average molecular weight is 644 g/mol. The number of likely N-dealkylation sites (tertiary alicyclic amines) is 1. The summed E-state index contributed by atoms with van der Waals surface area (Å²) >= 11 is 6.44. The molecule has 0 bridgehead atoms. The molecule has 0 unspecified atom stereocenters. The van der Waals surface area contributed by atoms with E-state index in [1.807, 2.05) is 25.7 Å². The minimum Gasteiger partial charge on any atom is -0.488 e. The van der Waals surface area contributed by atoms with Crippen LogP contribution in [0.4, 0.5) is 23.1 Å². The molecule has 3 heterocycles. The van der Waals surface area contributed by atoms with Crippen molar-refractivity contribution in [1.82, 2.24) is 24.6 Å². The van der Waals surface area contributed by atoms with Crippen molar-refractivity contribution in [2.24, 2.45) is 12.5 Å². The van der Waals surface area contributed by atoms with Gasteiger partial charge in [-0.2, -0.15) is 10.1 Å². The molecular weight excluding hydrogens is 602 g/mol. The van der Waals surface area contributed by atoms with Crippen molar-refractivity contribution >= 4 is 50.5 Å². The summed E-state index contributed by atoms with van der Waals surface area (Å²) in [6, 6.07) is 4.18. The number of benzene rings is 1. The molecule has 1 aliphatic heterocycles. The molecule has 1 amide bonds. The van der Waals surface area contributed by atoms with E-state index in [9.17, 15) is 13.2 Å². The van der Waals surface area contributed by atoms with Gasteiger partial charge in [0.05, 0.1) is 28.9 Å². The number of ether oxygens (including phenoxy) is 1. The number of halogens is 1. The number of carbonyl (C=O) groups excluding carboxylic acids is 1. The summed E-state index contributed by atoms with van der Waals surface area (Å²) in [5, 5.41) is 10.0. The molecule has 13 heteroatoms. The molecule has 1 saturated carbocycles. The summed E-state index contributed by atoms with van der Waals surface area (Å²) in [4.78, 5) is 23.7. The number of aromatic nitrogens is 4. The summed E-state index contributed by atoms with van der Waals surface area (Å²) in [5.41, 5.74) is 2.97. The van der Waals surface area contributed by atoms with Gasteiger partial charge in [0.25, 0.3) is 0 Å². The Balaban J connectivity index is 1.39. The van der Waals surface area contributed by atoms with Crippen molar-refractivity contribution in [3.05, 3.63) is 40.7 Å². The number of piperidine rings is 1. The van der Waals surface area contributed by atoms with Crippen LogP contribution in [0, 0.1) is 12.3 Å². The van der Waals surface area contributed by atoms with Crippen LogP contribution in [0.3, 0.4) is 0 Å². The Bertz CT molecular complexity index is 1650. The monoisotopic (exact) mass is 643 g/mol. The van der Waals surface area contributed by atoms with E-state index >= 15 is 0 Å². The van der Waals surface area contributed by atoms with Crippen LogP contribution in [0.25, 0.3) is 0 Å². The zero-order chi connectivity index (χ0) is 32.0. The van der Waals surface area contributed by atoms with E-state index in [1.165, 1.54) is 16.4 Å². The highest BCUT2D eigenvalue weighted by Crippen LogP contribution is 2.40. The van der Waals surface area contributed by atoms with Crippen LogP contribution < -0.4 is 15.4 Å². The van der Waals surface area contributed by atoms with Gasteiger partial charge in [0.2, 0.25) is 26.7 Å². The highest BCUT2D eigenvalue weighted by Gasteiger charge is 2.32. The van der Waals surface area contributed by atoms with Crippen molar-refractivity contribution in [1.29, 1.82) is 0 Å². The molecule has 5 rings (SSSR count). The third-order valence-corrected chi connectivity index (χ3v) is 10.3. The molecular formula is C31H42ClN7O4S. The fourth-order valence-electron chi connectivity index (χ4n) is 5.32. The normalized spacial score (nSPS) is 16.3. The summed E-state index contributed by atoms with van der Waals surface area (Å²) in [5.74, 6) is 1.77. The van der Waals surface area contributed by atoms with Gasteiger partial charge in [-0.3, -0.25) is 9.48 Å². The van der Waals surface area contributed by atoms with Gasteiger partial charge in [0, 0.05) is 31.7 Å². The number of nitrogens with one attached hydrogen (secondary N) is 2. The second kappa shape index (κ2) is 12.2. The Morgan fingerprint density at radius 3 is 2.39 bits per heavy atom. The second-order valence-corrected chi connectivity index (χ2v) is 15.9. The van der Waals surface area contributed by atoms with E-state index < -0.39 is 15.1 Å². The lowest BCUT2D eigenvalue weighted by atomic mass is 9.85. The zero-order valence-corrected chi connectivity index (χ0v) is 28.0. The number of anilines is 4. The number of aryl methyl sites for hydroxylation is 2. The maximum Gasteiger partial charge on any atom is 0.229 e. The smallest absolute Gasteiger partial charge is 0.229 e. The zero-order valence-electron chi connectivity index (χ0n) is 26.4. The lowest BCUT2D eigenvalue weighted by Gasteiger charge is -2.36. The Kier molecular flexibility index (Phi) is 8.87. The molecule has 2 N–H and O–H groups in total. The largest absolute Gasteiger partial charge is 0.488 e. The van der Waals surface area contributed by atoms with E-state index in [2.05, 4.69) is 44.8 Å². The molecule has 11 nitrogen and oxygen atoms in total. The number of amides is 1. The van der Waals surface area contributed by atoms with E-state index in [4.69, 9.17) is 16.3 Å². The van der Waals surface area contributed by atoms with Crippen molar-refractivity contribution in [2.45, 2.75) is 89.5 Å². The van der Waals surface area contributed by atoms with Crippen LogP contribution in [0.2, 0.25) is 5.02 Å². The average Bonchev–Trinajstić information content (AvgIpc) is 3.69. The van der Waals surface area contributed by atoms with Crippen molar-refractivity contribution < 1.29 is 17.9 Å². The molecule has 44 heavy (non-hydrogen) atoms. The minimum absolute atomic E-state index is 0.0703. The Morgan fingerprint density at radius 2 is 1.77 bits per heavy atom. The fourth-order valence-corrected chi connectivity index (χ4v) is 6.56. The summed E-state index contributed by atoms with van der Waals surface area (Å²) in [6.07, 6.45) is 7.03. The molecule has 1 saturated heterocycles. The first-order chi connectivity index (χ1) is 20.6. The Labute approximate surface area is 264 Å². The Hall–Kier alpha value is -3.38. The lowest BCUT2D eigenvalue weighted by molar-refractivity contribution is -0.140. The second-order valence-electron chi connectivity index (χ2n) is 13.1. The number of nitrogens with zero attached hydrogens (tertiary/aromatic N) is 5. The summed E-state index contributed by atoms with van der Waals surface area (Å²) in [7, 11) is -2.00. The number of carbonyl (C=O) groups is 1. The highest BCUT2D eigenvalue weighted by molar-refractivity contribution is 7.92. The highest BCUT2D eigenvalue weighted by atomic mass is 35.5. The van der Waals surface area contributed by atoms with Crippen LogP contribution in [0.5, 0.6) is 5.75 Å². The standard InChI is InChI=1S/C31H42ClN7O4S/c1-18(2)44(41,42)28-25(17-38(7)37-28)34-27-23(32)16-33-30(36-27)35-24-14-19(3)22(15-26(24)43-21-8-9-21)20-10-12-39(13-11-20)29(40)31(4,5)6/h14-18,20-21H,8-13H2,1-7H3,(H2,33,34,35,36). The molecule has 238 valence electrons. The molecule has 1 aromatic carbocycles. The first-order valence-corrected chi connectivity index (χ1v) is 17.0. The van der Waals surface area contributed by atoms with Crippen LogP contribution in [-0.2, 0) is 21.7 Å². The number of sulfone groups is 1. The van der Waals surface area contributed by atoms with Crippen LogP contribution in [0.1, 0.15) is 77.3 Å². The SMILES string of the molecule is Cc1cc(Nc2ncc(Cl)c(Nc3cn(C)nc3S(=O)(=O)C(C)C)n2)c(OC2CC2)cc1C1CCN(C(=O)C(C)(C)C)CC1. The van der Waals surface area contributed by atoms with Crippen molar-refractivity contribution in [2.75, 3.05) is 23.7 Å². The summed E-state index contributed by atoms with van der Waals surface area (Å²) in [6.45, 7) is 12.7. The van der Waals surface area contributed by atoms with Gasteiger partial charge in [-0.05, 0) is 75.6 Å². The quantitative estimate of drug-likeness (QED) is 0.282. The number of hydrogen-bond donors (Lipinski definition) is 2. The molecule has 0 atom stereocenters. The first kappa shape index (κ1) is 32.0. The van der Waals surface area contributed by atoms with Gasteiger partial charge in [-0.15, -0.1) is 0 Å². The van der Waals surface area contributed by atoms with Crippen LogP contribution >= 0.6 is 11.6 Å². The van der Waals surface area contributed by atoms with Gasteiger partial charge < -0.3 is 20.3 Å². The maximum absolute atomic E-state index is 12.9.